The number of nitrogens with zero attached hydrogens (tertiary/aromatic N) is 2. The lowest BCUT2D eigenvalue weighted by Crippen LogP contribution is -2.29. The van der Waals surface area contributed by atoms with E-state index in [1.807, 2.05) is 61.5 Å². The molecule has 0 spiro atoms. The Balaban J connectivity index is 1.37. The second-order valence-electron chi connectivity index (χ2n) is 8.82. The van der Waals surface area contributed by atoms with Crippen molar-refractivity contribution in [3.8, 4) is 5.69 Å². The molecule has 0 aliphatic heterocycles. The molecule has 0 radical (unpaired) electrons. The van der Waals surface area contributed by atoms with Crippen molar-refractivity contribution in [2.24, 2.45) is 0 Å². The Morgan fingerprint density at radius 3 is 2.56 bits per heavy atom. The molecule has 7 nitrogen and oxygen atoms in total. The topological polar surface area (TPSA) is 93.1 Å². The van der Waals surface area contributed by atoms with E-state index in [0.717, 1.165) is 46.5 Å². The van der Waals surface area contributed by atoms with Gasteiger partial charge in [-0.15, -0.1) is 11.3 Å². The van der Waals surface area contributed by atoms with Gasteiger partial charge < -0.3 is 10.6 Å². The van der Waals surface area contributed by atoms with Gasteiger partial charge in [-0.25, -0.2) is 4.68 Å². The number of aromatic nitrogens is 2. The molecule has 0 bridgehead atoms. The van der Waals surface area contributed by atoms with E-state index in [1.54, 1.807) is 0 Å². The molecule has 2 aromatic carbocycles. The maximum atomic E-state index is 13.2. The number of amides is 2. The summed E-state index contributed by atoms with van der Waals surface area (Å²) >= 11 is 1.41. The molecule has 8 heteroatoms. The van der Waals surface area contributed by atoms with Crippen molar-refractivity contribution in [2.45, 2.75) is 32.6 Å². The summed E-state index contributed by atoms with van der Waals surface area (Å²) in [7, 11) is 0. The van der Waals surface area contributed by atoms with Gasteiger partial charge in [-0.1, -0.05) is 48.0 Å². The lowest BCUT2D eigenvalue weighted by atomic mass is 10.1. The van der Waals surface area contributed by atoms with E-state index in [2.05, 4.69) is 15.7 Å². The number of hydrogen-bond donors (Lipinski definition) is 2. The maximum absolute atomic E-state index is 13.2. The summed E-state index contributed by atoms with van der Waals surface area (Å²) in [5, 5.41) is 10.6. The zero-order valence-corrected chi connectivity index (χ0v) is 20.7. The van der Waals surface area contributed by atoms with Crippen LogP contribution in [0.3, 0.4) is 0 Å². The van der Waals surface area contributed by atoms with Crippen LogP contribution in [0.15, 0.2) is 71.7 Å². The summed E-state index contributed by atoms with van der Waals surface area (Å²) in [6.07, 6.45) is 4.92. The highest BCUT2D eigenvalue weighted by molar-refractivity contribution is 7.17. The molecule has 0 saturated carbocycles. The minimum atomic E-state index is -0.625. The number of fused-ring (bicyclic) bond motifs is 1. The highest BCUT2D eigenvalue weighted by Gasteiger charge is 2.28. The fraction of sp³-hybridized carbons (Fsp3) is 0.214. The lowest BCUT2D eigenvalue weighted by molar-refractivity contribution is 0.0954. The molecule has 36 heavy (non-hydrogen) atoms. The van der Waals surface area contributed by atoms with Crippen molar-refractivity contribution >= 4 is 28.2 Å². The zero-order chi connectivity index (χ0) is 25.1. The molecule has 5 rings (SSSR count). The van der Waals surface area contributed by atoms with Gasteiger partial charge in [-0.2, -0.15) is 5.10 Å². The first-order valence-electron chi connectivity index (χ1n) is 11.9. The van der Waals surface area contributed by atoms with Gasteiger partial charge in [0, 0.05) is 23.7 Å². The predicted molar refractivity (Wildman–Crippen MR) is 141 cm³/mol. The summed E-state index contributed by atoms with van der Waals surface area (Å²) < 4.78 is 1.50. The molecule has 0 atom stereocenters. The van der Waals surface area contributed by atoms with Gasteiger partial charge in [0.2, 0.25) is 5.43 Å². The summed E-state index contributed by atoms with van der Waals surface area (Å²) in [5.74, 6) is -0.835. The highest BCUT2D eigenvalue weighted by atomic mass is 32.1. The molecule has 2 amide bonds. The van der Waals surface area contributed by atoms with Crippen LogP contribution < -0.4 is 16.1 Å². The standard InChI is InChI=1S/C28H26N4O3S/c1-18-10-12-20(13-11-18)32-17-15-22(33)25(31-32)27(35)30-28-24(21-8-5-9-23(21)36-28)26(34)29-16-14-19-6-3-2-4-7-19/h2-4,6-7,10-13,15,17H,5,8-9,14,16H2,1H3,(H,29,34)(H,30,35). The van der Waals surface area contributed by atoms with Gasteiger partial charge in [-0.05, 0) is 55.9 Å². The van der Waals surface area contributed by atoms with Gasteiger partial charge in [-0.3, -0.25) is 14.4 Å². The second kappa shape index (κ2) is 10.3. The van der Waals surface area contributed by atoms with Gasteiger partial charge in [0.1, 0.15) is 5.00 Å². The van der Waals surface area contributed by atoms with E-state index in [1.165, 1.54) is 28.3 Å². The Hall–Kier alpha value is -4.04. The fourth-order valence-electron chi connectivity index (χ4n) is 4.35. The van der Waals surface area contributed by atoms with Crippen molar-refractivity contribution in [3.63, 3.8) is 0 Å². The van der Waals surface area contributed by atoms with Crippen LogP contribution in [0.5, 0.6) is 0 Å². The first kappa shape index (κ1) is 23.7. The average molecular weight is 499 g/mol. The third-order valence-electron chi connectivity index (χ3n) is 6.24. The van der Waals surface area contributed by atoms with Crippen LogP contribution in [0, 0.1) is 6.92 Å². The number of rotatable bonds is 7. The Bertz CT molecular complexity index is 1470. The molecule has 2 heterocycles. The number of anilines is 1. The van der Waals surface area contributed by atoms with Crippen LogP contribution in [0.25, 0.3) is 5.69 Å². The van der Waals surface area contributed by atoms with E-state index >= 15 is 0 Å². The van der Waals surface area contributed by atoms with Gasteiger partial charge >= 0.3 is 0 Å². The first-order chi connectivity index (χ1) is 17.5. The van der Waals surface area contributed by atoms with Crippen molar-refractivity contribution < 1.29 is 9.59 Å². The molecule has 1 aliphatic carbocycles. The van der Waals surface area contributed by atoms with E-state index in [-0.39, 0.29) is 11.6 Å². The van der Waals surface area contributed by atoms with Crippen LogP contribution in [-0.2, 0) is 19.3 Å². The number of aryl methyl sites for hydroxylation is 2. The van der Waals surface area contributed by atoms with Crippen LogP contribution in [0.4, 0.5) is 5.00 Å². The molecule has 4 aromatic rings. The van der Waals surface area contributed by atoms with Gasteiger partial charge in [0.25, 0.3) is 11.8 Å². The quantitative estimate of drug-likeness (QED) is 0.397. The Morgan fingerprint density at radius 2 is 1.78 bits per heavy atom. The summed E-state index contributed by atoms with van der Waals surface area (Å²) in [5.41, 5.74) is 3.77. The molecular weight excluding hydrogens is 472 g/mol. The minimum Gasteiger partial charge on any atom is -0.352 e. The molecule has 2 aromatic heterocycles. The van der Waals surface area contributed by atoms with Crippen LogP contribution in [0.1, 0.15) is 48.8 Å². The molecule has 0 fully saturated rings. The van der Waals surface area contributed by atoms with Crippen LogP contribution in [0.2, 0.25) is 0 Å². The highest BCUT2D eigenvalue weighted by Crippen LogP contribution is 2.39. The summed E-state index contributed by atoms with van der Waals surface area (Å²) in [6, 6.07) is 18.9. The number of hydrogen-bond acceptors (Lipinski definition) is 5. The van der Waals surface area contributed by atoms with Crippen molar-refractivity contribution in [1.82, 2.24) is 15.1 Å². The summed E-state index contributed by atoms with van der Waals surface area (Å²) in [4.78, 5) is 40.0. The largest absolute Gasteiger partial charge is 0.352 e. The molecule has 2 N–H and O–H groups in total. The van der Waals surface area contributed by atoms with Crippen molar-refractivity contribution in [2.75, 3.05) is 11.9 Å². The van der Waals surface area contributed by atoms with Crippen LogP contribution >= 0.6 is 11.3 Å². The smallest absolute Gasteiger partial charge is 0.280 e. The zero-order valence-electron chi connectivity index (χ0n) is 19.9. The van der Waals surface area contributed by atoms with E-state index in [4.69, 9.17) is 0 Å². The molecular formula is C28H26N4O3S. The van der Waals surface area contributed by atoms with Crippen molar-refractivity contribution in [1.29, 1.82) is 0 Å². The fourth-order valence-corrected chi connectivity index (χ4v) is 5.64. The number of carbonyl (C=O) groups excluding carboxylic acids is 2. The summed E-state index contributed by atoms with van der Waals surface area (Å²) in [6.45, 7) is 2.47. The second-order valence-corrected chi connectivity index (χ2v) is 9.92. The Morgan fingerprint density at radius 1 is 1.00 bits per heavy atom. The van der Waals surface area contributed by atoms with Crippen LogP contribution in [-0.4, -0.2) is 28.1 Å². The lowest BCUT2D eigenvalue weighted by Gasteiger charge is -2.10. The average Bonchev–Trinajstić information content (AvgIpc) is 3.46. The third-order valence-corrected chi connectivity index (χ3v) is 7.45. The molecule has 0 unspecified atom stereocenters. The number of thiophene rings is 1. The Kier molecular flexibility index (Phi) is 6.77. The van der Waals surface area contributed by atoms with Gasteiger partial charge in [0.15, 0.2) is 5.69 Å². The SMILES string of the molecule is Cc1ccc(-n2ccc(=O)c(C(=O)Nc3sc4c(c3C(=O)NCCc3ccccc3)CCC4)n2)cc1. The predicted octanol–water partition coefficient (Wildman–Crippen LogP) is 4.32. The normalized spacial score (nSPS) is 12.2. The number of nitrogens with one attached hydrogen (secondary N) is 2. The number of benzene rings is 2. The monoisotopic (exact) mass is 498 g/mol. The first-order valence-corrected chi connectivity index (χ1v) is 12.8. The molecule has 182 valence electrons. The minimum absolute atomic E-state index is 0.210. The molecule has 1 aliphatic rings. The van der Waals surface area contributed by atoms with E-state index in [0.29, 0.717) is 23.5 Å². The maximum Gasteiger partial charge on any atom is 0.280 e. The van der Waals surface area contributed by atoms with E-state index < -0.39 is 11.3 Å². The Labute approximate surface area is 212 Å². The molecule has 0 saturated heterocycles. The third kappa shape index (κ3) is 4.99. The van der Waals surface area contributed by atoms with Crippen molar-refractivity contribution in [3.05, 3.63) is 110 Å². The number of carbonyl (C=O) groups is 2. The van der Waals surface area contributed by atoms with Gasteiger partial charge in [0.05, 0.1) is 11.3 Å². The van der Waals surface area contributed by atoms with E-state index in [9.17, 15) is 14.4 Å².